The van der Waals surface area contributed by atoms with E-state index in [0.29, 0.717) is 40.5 Å². The molecule has 0 fully saturated rings. The van der Waals surface area contributed by atoms with Crippen LogP contribution in [0.1, 0.15) is 5.56 Å². The molecule has 0 N–H and O–H groups in total. The van der Waals surface area contributed by atoms with Crippen molar-refractivity contribution in [3.63, 3.8) is 0 Å². The number of rotatable bonds is 9. The molecule has 7 nitrogen and oxygen atoms in total. The summed E-state index contributed by atoms with van der Waals surface area (Å²) in [5.41, 5.74) is 11.9. The summed E-state index contributed by atoms with van der Waals surface area (Å²) in [7, 11) is 0. The predicted octanol–water partition coefficient (Wildman–Crippen LogP) is 12.9. The second kappa shape index (κ2) is 16.9. The third kappa shape index (κ3) is 7.87. The molecule has 0 radical (unpaired) electrons. The topological polar surface area (TPSA) is 101 Å². The van der Waals surface area contributed by atoms with Crippen LogP contribution >= 0.6 is 0 Å². The molecule has 0 aliphatic heterocycles. The molecule has 0 aliphatic carbocycles. The Kier molecular flexibility index (Phi) is 10.2. The van der Waals surface area contributed by atoms with E-state index in [1.807, 2.05) is 140 Å². The van der Waals surface area contributed by atoms with E-state index in [2.05, 4.69) is 72.8 Å². The summed E-state index contributed by atoms with van der Waals surface area (Å²) in [5.74, 6) is 3.45. The van der Waals surface area contributed by atoms with Gasteiger partial charge in [0.2, 0.25) is 0 Å². The minimum absolute atomic E-state index is 0.548. The smallest absolute Gasteiger partial charge is 0.164 e. The molecule has 0 spiro atoms. The summed E-state index contributed by atoms with van der Waals surface area (Å²) in [5, 5.41) is 9.54. The molecule has 290 valence electrons. The fourth-order valence-electron chi connectivity index (χ4n) is 7.50. The van der Waals surface area contributed by atoms with Crippen LogP contribution < -0.4 is 0 Å². The highest BCUT2D eigenvalue weighted by Crippen LogP contribution is 2.35. The number of hydrogen-bond acceptors (Lipinski definition) is 7. The van der Waals surface area contributed by atoms with Crippen LogP contribution in [0, 0.1) is 11.3 Å². The molecule has 7 heteroatoms. The number of nitrogens with zero attached hydrogens (tertiary/aromatic N) is 7. The molecule has 0 atom stereocenters. The van der Waals surface area contributed by atoms with Gasteiger partial charge in [0, 0.05) is 33.4 Å². The van der Waals surface area contributed by atoms with Gasteiger partial charge in [-0.3, -0.25) is 0 Å². The Labute approximate surface area is 359 Å². The Balaban J connectivity index is 1.04. The van der Waals surface area contributed by atoms with Crippen LogP contribution in [0.25, 0.3) is 102 Å². The Bertz CT molecular complexity index is 3240. The molecule has 62 heavy (non-hydrogen) atoms. The van der Waals surface area contributed by atoms with Crippen molar-refractivity contribution in [2.45, 2.75) is 0 Å². The lowest BCUT2D eigenvalue weighted by atomic mass is 9.97. The van der Waals surface area contributed by atoms with Gasteiger partial charge in [-0.1, -0.05) is 188 Å². The number of benzene rings is 8. The van der Waals surface area contributed by atoms with Gasteiger partial charge in [-0.2, -0.15) is 5.26 Å². The van der Waals surface area contributed by atoms with Crippen LogP contribution in [0.15, 0.2) is 212 Å². The van der Waals surface area contributed by atoms with Crippen molar-refractivity contribution in [1.29, 1.82) is 5.26 Å². The Morgan fingerprint density at radius 1 is 0.242 bits per heavy atom. The highest BCUT2D eigenvalue weighted by atomic mass is 15.0. The molecule has 0 saturated carbocycles. The van der Waals surface area contributed by atoms with Crippen LogP contribution in [-0.4, -0.2) is 29.9 Å². The molecule has 0 aliphatic rings. The quantitative estimate of drug-likeness (QED) is 0.143. The van der Waals surface area contributed by atoms with E-state index in [1.54, 1.807) is 6.07 Å². The number of aromatic nitrogens is 6. The van der Waals surface area contributed by atoms with E-state index in [1.165, 1.54) is 0 Å². The fourth-order valence-corrected chi connectivity index (χ4v) is 7.50. The molecule has 2 aromatic heterocycles. The van der Waals surface area contributed by atoms with Crippen molar-refractivity contribution in [3.8, 4) is 108 Å². The van der Waals surface area contributed by atoms with E-state index in [0.717, 1.165) is 66.8 Å². The van der Waals surface area contributed by atoms with Gasteiger partial charge in [0.25, 0.3) is 0 Å². The van der Waals surface area contributed by atoms with Crippen molar-refractivity contribution in [2.75, 3.05) is 0 Å². The molecular weight excluding hydrogens is 759 g/mol. The highest BCUT2D eigenvalue weighted by Gasteiger charge is 2.18. The van der Waals surface area contributed by atoms with Crippen molar-refractivity contribution < 1.29 is 0 Å². The van der Waals surface area contributed by atoms with E-state index >= 15 is 0 Å². The first-order valence-electron chi connectivity index (χ1n) is 20.3. The lowest BCUT2D eigenvalue weighted by Crippen LogP contribution is -2.01. The van der Waals surface area contributed by atoms with Crippen molar-refractivity contribution in [1.82, 2.24) is 29.9 Å². The second-order valence-electron chi connectivity index (χ2n) is 14.7. The lowest BCUT2D eigenvalue weighted by molar-refractivity contribution is 1.07. The molecule has 0 saturated heterocycles. The van der Waals surface area contributed by atoms with Crippen molar-refractivity contribution >= 4 is 0 Å². The van der Waals surface area contributed by atoms with Gasteiger partial charge in [0.1, 0.15) is 0 Å². The normalized spacial score (nSPS) is 10.9. The van der Waals surface area contributed by atoms with Crippen LogP contribution in [0.3, 0.4) is 0 Å². The minimum atomic E-state index is 0.548. The SMILES string of the molecule is N#Cc1cccc(-c2cccc(-c3nc(-c4ccccc4)nc(-c4ccccc4-c4ccc(-c5nc(-c6ccccc6)nc(-c6cccc(-c7ccccc7)c6)n5)cc4)n3)c2)c1. The van der Waals surface area contributed by atoms with Gasteiger partial charge >= 0.3 is 0 Å². The number of hydrogen-bond donors (Lipinski definition) is 0. The summed E-state index contributed by atoms with van der Waals surface area (Å²) < 4.78 is 0. The molecule has 10 rings (SSSR count). The van der Waals surface area contributed by atoms with E-state index < -0.39 is 0 Å². The van der Waals surface area contributed by atoms with Gasteiger partial charge < -0.3 is 0 Å². The van der Waals surface area contributed by atoms with Gasteiger partial charge in [0.05, 0.1) is 11.6 Å². The van der Waals surface area contributed by atoms with Crippen LogP contribution in [-0.2, 0) is 0 Å². The maximum absolute atomic E-state index is 9.54. The Morgan fingerprint density at radius 3 is 1.10 bits per heavy atom. The fraction of sp³-hybridized carbons (Fsp3) is 0. The van der Waals surface area contributed by atoms with Crippen molar-refractivity contribution in [2.24, 2.45) is 0 Å². The maximum Gasteiger partial charge on any atom is 0.164 e. The van der Waals surface area contributed by atoms with E-state index in [-0.39, 0.29) is 0 Å². The lowest BCUT2D eigenvalue weighted by Gasteiger charge is -2.13. The van der Waals surface area contributed by atoms with Crippen LogP contribution in [0.5, 0.6) is 0 Å². The van der Waals surface area contributed by atoms with Gasteiger partial charge in [0.15, 0.2) is 34.9 Å². The Morgan fingerprint density at radius 2 is 0.581 bits per heavy atom. The van der Waals surface area contributed by atoms with Crippen LogP contribution in [0.2, 0.25) is 0 Å². The molecule has 0 amide bonds. The zero-order chi connectivity index (χ0) is 41.7. The maximum atomic E-state index is 9.54. The molecule has 0 bridgehead atoms. The molecular formula is C55H35N7. The first-order chi connectivity index (χ1) is 30.6. The standard InChI is InChI=1S/C55H35N7/c56-36-37-15-12-22-43(33-37)45-24-14-26-47(35-45)54-59-51(41-20-8-3-9-21-41)61-55(62-54)49-28-11-10-27-48(49)39-29-31-42(32-30-39)52-57-50(40-18-6-2-7-19-40)58-53(60-52)46-25-13-23-44(34-46)38-16-4-1-5-17-38/h1-35H. The van der Waals surface area contributed by atoms with Crippen LogP contribution in [0.4, 0.5) is 0 Å². The summed E-state index contributed by atoms with van der Waals surface area (Å²) >= 11 is 0. The summed E-state index contributed by atoms with van der Waals surface area (Å²) in [6, 6.07) is 73.0. The third-order valence-electron chi connectivity index (χ3n) is 10.6. The van der Waals surface area contributed by atoms with E-state index in [4.69, 9.17) is 29.9 Å². The average Bonchev–Trinajstić information content (AvgIpc) is 3.37. The van der Waals surface area contributed by atoms with Gasteiger partial charge in [-0.25, -0.2) is 29.9 Å². The molecule has 2 heterocycles. The highest BCUT2D eigenvalue weighted by molar-refractivity contribution is 5.83. The second-order valence-corrected chi connectivity index (χ2v) is 14.7. The zero-order valence-electron chi connectivity index (χ0n) is 33.3. The average molecular weight is 794 g/mol. The zero-order valence-corrected chi connectivity index (χ0v) is 33.3. The van der Waals surface area contributed by atoms with Crippen molar-refractivity contribution in [3.05, 3.63) is 218 Å². The Hall–Kier alpha value is -8.73. The largest absolute Gasteiger partial charge is 0.208 e. The minimum Gasteiger partial charge on any atom is -0.208 e. The molecule has 8 aromatic carbocycles. The van der Waals surface area contributed by atoms with Gasteiger partial charge in [-0.15, -0.1) is 0 Å². The molecule has 0 unspecified atom stereocenters. The third-order valence-corrected chi connectivity index (χ3v) is 10.6. The van der Waals surface area contributed by atoms with E-state index in [9.17, 15) is 5.26 Å². The molecule has 10 aromatic rings. The summed E-state index contributed by atoms with van der Waals surface area (Å²) in [6.07, 6.45) is 0. The van der Waals surface area contributed by atoms with Gasteiger partial charge in [-0.05, 0) is 57.6 Å². The predicted molar refractivity (Wildman–Crippen MR) is 247 cm³/mol. The number of nitriles is 1. The first-order valence-corrected chi connectivity index (χ1v) is 20.3. The monoisotopic (exact) mass is 793 g/mol. The first kappa shape index (κ1) is 37.5. The summed E-state index contributed by atoms with van der Waals surface area (Å²) in [6.45, 7) is 0. The summed E-state index contributed by atoms with van der Waals surface area (Å²) in [4.78, 5) is 30.2.